The number of hydrogen-bond acceptors (Lipinski definition) is 2. The fourth-order valence-electron chi connectivity index (χ4n) is 3.50. The maximum absolute atomic E-state index is 3.54. The van der Waals surface area contributed by atoms with Crippen LogP contribution < -0.4 is 5.32 Å². The molecule has 0 radical (unpaired) electrons. The third kappa shape index (κ3) is 1.72. The molecule has 0 saturated carbocycles. The molecule has 2 aliphatic heterocycles. The van der Waals surface area contributed by atoms with E-state index in [9.17, 15) is 0 Å². The summed E-state index contributed by atoms with van der Waals surface area (Å²) in [5.41, 5.74) is 0.387. The van der Waals surface area contributed by atoms with Gasteiger partial charge in [-0.25, -0.2) is 0 Å². The average Bonchev–Trinajstić information content (AvgIpc) is 2.67. The van der Waals surface area contributed by atoms with E-state index in [0.717, 1.165) is 17.8 Å². The van der Waals surface area contributed by atoms with Crippen molar-refractivity contribution in [1.82, 2.24) is 10.2 Å². The Morgan fingerprint density at radius 2 is 1.87 bits per heavy atom. The van der Waals surface area contributed by atoms with Crippen LogP contribution in [0.4, 0.5) is 0 Å². The Balaban J connectivity index is 2.15. The van der Waals surface area contributed by atoms with Crippen LogP contribution in [-0.2, 0) is 0 Å². The molecule has 0 aliphatic carbocycles. The zero-order valence-electron chi connectivity index (χ0n) is 10.9. The molecule has 3 unspecified atom stereocenters. The van der Waals surface area contributed by atoms with E-state index in [1.807, 2.05) is 0 Å². The first-order chi connectivity index (χ1) is 6.94. The summed E-state index contributed by atoms with van der Waals surface area (Å²) in [6.45, 7) is 15.7. The second kappa shape index (κ2) is 3.74. The van der Waals surface area contributed by atoms with Crippen LogP contribution in [0, 0.1) is 17.8 Å². The van der Waals surface area contributed by atoms with Gasteiger partial charge in [0.05, 0.1) is 0 Å². The summed E-state index contributed by atoms with van der Waals surface area (Å²) in [6.07, 6.45) is 0. The van der Waals surface area contributed by atoms with E-state index in [0.29, 0.717) is 11.6 Å². The summed E-state index contributed by atoms with van der Waals surface area (Å²) in [6, 6.07) is 0.714. The Hall–Kier alpha value is -0.0800. The van der Waals surface area contributed by atoms with E-state index < -0.39 is 0 Å². The van der Waals surface area contributed by atoms with Crippen LogP contribution in [0.3, 0.4) is 0 Å². The lowest BCUT2D eigenvalue weighted by molar-refractivity contribution is 0.0741. The summed E-state index contributed by atoms with van der Waals surface area (Å²) in [4.78, 5) is 2.74. The molecule has 3 atom stereocenters. The summed E-state index contributed by atoms with van der Waals surface area (Å²) in [5, 5.41) is 3.54. The number of rotatable bonds is 2. The minimum absolute atomic E-state index is 0.387. The third-order valence-corrected chi connectivity index (χ3v) is 4.88. The molecular weight excluding hydrogens is 184 g/mol. The predicted octanol–water partition coefficient (Wildman–Crippen LogP) is 1.96. The fraction of sp³-hybridized carbons (Fsp3) is 1.00. The zero-order valence-corrected chi connectivity index (χ0v) is 10.9. The fourth-order valence-corrected chi connectivity index (χ4v) is 3.50. The number of fused-ring (bicyclic) bond motifs is 1. The monoisotopic (exact) mass is 210 g/mol. The van der Waals surface area contributed by atoms with Gasteiger partial charge in [-0.05, 0) is 45.1 Å². The van der Waals surface area contributed by atoms with E-state index in [1.165, 1.54) is 19.6 Å². The molecule has 2 saturated heterocycles. The predicted molar refractivity (Wildman–Crippen MR) is 64.9 cm³/mol. The molecule has 0 bridgehead atoms. The van der Waals surface area contributed by atoms with Gasteiger partial charge in [0.1, 0.15) is 0 Å². The molecule has 0 aromatic rings. The van der Waals surface area contributed by atoms with Crippen LogP contribution in [0.1, 0.15) is 34.6 Å². The molecule has 15 heavy (non-hydrogen) atoms. The highest BCUT2D eigenvalue weighted by Crippen LogP contribution is 2.42. The summed E-state index contributed by atoms with van der Waals surface area (Å²) in [5.74, 6) is 2.51. The van der Waals surface area contributed by atoms with Gasteiger partial charge in [-0.1, -0.05) is 13.8 Å². The molecule has 1 N–H and O–H groups in total. The lowest BCUT2D eigenvalue weighted by Crippen LogP contribution is -2.50. The molecule has 88 valence electrons. The minimum atomic E-state index is 0.387. The topological polar surface area (TPSA) is 15.3 Å². The molecule has 0 spiro atoms. The number of likely N-dealkylation sites (tertiary alicyclic amines) is 1. The first-order valence-corrected chi connectivity index (χ1v) is 6.42. The molecule has 2 heterocycles. The van der Waals surface area contributed by atoms with Crippen molar-refractivity contribution in [2.24, 2.45) is 17.8 Å². The highest BCUT2D eigenvalue weighted by atomic mass is 15.3. The highest BCUT2D eigenvalue weighted by Gasteiger charge is 2.50. The maximum Gasteiger partial charge on any atom is 0.0200 e. The average molecular weight is 210 g/mol. The van der Waals surface area contributed by atoms with E-state index in [1.54, 1.807) is 0 Å². The standard InChI is InChI=1S/C13H26N2/c1-9(2)10(3)15-8-11-6-14-7-12(11)13(15,4)5/h9-12,14H,6-8H2,1-5H3. The Kier molecular flexibility index (Phi) is 2.85. The van der Waals surface area contributed by atoms with Gasteiger partial charge in [0, 0.05) is 24.7 Å². The van der Waals surface area contributed by atoms with Crippen molar-refractivity contribution in [3.05, 3.63) is 0 Å². The van der Waals surface area contributed by atoms with Crippen LogP contribution in [0.5, 0.6) is 0 Å². The quantitative estimate of drug-likeness (QED) is 0.749. The van der Waals surface area contributed by atoms with Crippen molar-refractivity contribution >= 4 is 0 Å². The molecule has 2 heteroatoms. The van der Waals surface area contributed by atoms with Crippen LogP contribution in [0.2, 0.25) is 0 Å². The summed E-state index contributed by atoms with van der Waals surface area (Å²) in [7, 11) is 0. The largest absolute Gasteiger partial charge is 0.316 e. The van der Waals surface area contributed by atoms with Gasteiger partial charge >= 0.3 is 0 Å². The smallest absolute Gasteiger partial charge is 0.0200 e. The SMILES string of the molecule is CC(C)C(C)N1CC2CNCC2C1(C)C. The number of nitrogens with one attached hydrogen (secondary N) is 1. The van der Waals surface area contributed by atoms with Crippen LogP contribution in [0.15, 0.2) is 0 Å². The highest BCUT2D eigenvalue weighted by molar-refractivity contribution is 5.05. The van der Waals surface area contributed by atoms with Crippen molar-refractivity contribution in [2.75, 3.05) is 19.6 Å². The molecule has 2 rings (SSSR count). The Morgan fingerprint density at radius 1 is 1.20 bits per heavy atom. The van der Waals surface area contributed by atoms with Crippen molar-refractivity contribution in [2.45, 2.75) is 46.2 Å². The molecule has 0 aromatic carbocycles. The van der Waals surface area contributed by atoms with Crippen LogP contribution >= 0.6 is 0 Å². The van der Waals surface area contributed by atoms with Crippen molar-refractivity contribution in [3.8, 4) is 0 Å². The molecule has 0 aromatic heterocycles. The van der Waals surface area contributed by atoms with E-state index >= 15 is 0 Å². The normalized spacial score (nSPS) is 37.2. The van der Waals surface area contributed by atoms with E-state index in [4.69, 9.17) is 0 Å². The van der Waals surface area contributed by atoms with Gasteiger partial charge in [-0.2, -0.15) is 0 Å². The van der Waals surface area contributed by atoms with Crippen LogP contribution in [0.25, 0.3) is 0 Å². The second-order valence-corrected chi connectivity index (χ2v) is 6.32. The zero-order chi connectivity index (χ0) is 11.2. The van der Waals surface area contributed by atoms with E-state index in [2.05, 4.69) is 44.8 Å². The molecule has 2 nitrogen and oxygen atoms in total. The summed E-state index contributed by atoms with van der Waals surface area (Å²) >= 11 is 0. The van der Waals surface area contributed by atoms with Crippen molar-refractivity contribution < 1.29 is 0 Å². The minimum Gasteiger partial charge on any atom is -0.316 e. The van der Waals surface area contributed by atoms with Crippen molar-refractivity contribution in [1.29, 1.82) is 0 Å². The maximum atomic E-state index is 3.54. The van der Waals surface area contributed by atoms with Crippen LogP contribution in [-0.4, -0.2) is 36.1 Å². The van der Waals surface area contributed by atoms with E-state index in [-0.39, 0.29) is 0 Å². The van der Waals surface area contributed by atoms with Crippen molar-refractivity contribution in [3.63, 3.8) is 0 Å². The van der Waals surface area contributed by atoms with Gasteiger partial charge in [-0.3, -0.25) is 4.90 Å². The van der Waals surface area contributed by atoms with Gasteiger partial charge in [0.15, 0.2) is 0 Å². The lowest BCUT2D eigenvalue weighted by atomic mass is 9.84. The number of nitrogens with zero attached hydrogens (tertiary/aromatic N) is 1. The first-order valence-electron chi connectivity index (χ1n) is 6.42. The Morgan fingerprint density at radius 3 is 2.40 bits per heavy atom. The second-order valence-electron chi connectivity index (χ2n) is 6.32. The van der Waals surface area contributed by atoms with Gasteiger partial charge in [0.2, 0.25) is 0 Å². The Labute approximate surface area is 94.4 Å². The number of hydrogen-bond donors (Lipinski definition) is 1. The summed E-state index contributed by atoms with van der Waals surface area (Å²) < 4.78 is 0. The lowest BCUT2D eigenvalue weighted by Gasteiger charge is -2.41. The Bertz CT molecular complexity index is 235. The van der Waals surface area contributed by atoms with Gasteiger partial charge in [-0.15, -0.1) is 0 Å². The first kappa shape index (κ1) is 11.4. The molecular formula is C13H26N2. The molecule has 2 fully saturated rings. The molecule has 0 amide bonds. The third-order valence-electron chi connectivity index (χ3n) is 4.88. The molecule has 2 aliphatic rings. The van der Waals surface area contributed by atoms with Gasteiger partial charge in [0.25, 0.3) is 0 Å². The van der Waals surface area contributed by atoms with Gasteiger partial charge < -0.3 is 5.32 Å².